The monoisotopic (exact) mass is 320 g/mol. The van der Waals surface area contributed by atoms with Crippen molar-refractivity contribution in [2.75, 3.05) is 19.7 Å². The first-order chi connectivity index (χ1) is 9.89. The van der Waals surface area contributed by atoms with Crippen molar-refractivity contribution in [3.05, 3.63) is 29.0 Å². The van der Waals surface area contributed by atoms with Crippen LogP contribution in [0, 0.1) is 6.92 Å². The number of thiophene rings is 1. The third-order valence-electron chi connectivity index (χ3n) is 2.82. The molecule has 0 aliphatic carbocycles. The molecule has 8 heteroatoms. The topological polar surface area (TPSA) is 49.5 Å². The fourth-order valence-corrected chi connectivity index (χ4v) is 2.55. The van der Waals surface area contributed by atoms with Crippen molar-refractivity contribution < 1.29 is 22.7 Å². The summed E-state index contributed by atoms with van der Waals surface area (Å²) in [5, 5.41) is 10.8. The van der Waals surface area contributed by atoms with Gasteiger partial charge in [-0.25, -0.2) is 4.98 Å². The lowest BCUT2D eigenvalue weighted by molar-refractivity contribution is -0.148. The summed E-state index contributed by atoms with van der Waals surface area (Å²) >= 11 is 1.45. The van der Waals surface area contributed by atoms with Crippen LogP contribution in [0.3, 0.4) is 0 Å². The van der Waals surface area contributed by atoms with Crippen molar-refractivity contribution in [1.82, 2.24) is 9.88 Å². The van der Waals surface area contributed by atoms with Gasteiger partial charge in [0.2, 0.25) is 5.89 Å². The van der Waals surface area contributed by atoms with Crippen LogP contribution in [-0.4, -0.2) is 40.9 Å². The minimum Gasteiger partial charge on any atom is -0.440 e. The highest BCUT2D eigenvalue weighted by atomic mass is 32.1. The number of halogens is 3. The molecular formula is C13H15F3N2O2S. The molecule has 0 saturated carbocycles. The van der Waals surface area contributed by atoms with Gasteiger partial charge in [-0.05, 0) is 18.4 Å². The van der Waals surface area contributed by atoms with E-state index in [1.54, 1.807) is 6.92 Å². The molecule has 0 aliphatic heterocycles. The van der Waals surface area contributed by atoms with Crippen LogP contribution in [0.5, 0.6) is 0 Å². The average molecular weight is 320 g/mol. The average Bonchev–Trinajstić information content (AvgIpc) is 2.98. The number of hydrogen-bond donors (Lipinski definition) is 1. The van der Waals surface area contributed by atoms with E-state index in [9.17, 15) is 13.2 Å². The van der Waals surface area contributed by atoms with Gasteiger partial charge in [0.25, 0.3) is 0 Å². The molecular weight excluding hydrogens is 305 g/mol. The molecule has 0 aromatic carbocycles. The van der Waals surface area contributed by atoms with E-state index >= 15 is 0 Å². The second-order valence-electron chi connectivity index (χ2n) is 4.55. The number of aryl methyl sites for hydroxylation is 1. The number of rotatable bonds is 6. The minimum atomic E-state index is -4.32. The SMILES string of the molecule is Cc1oc(-c2cccs2)nc1CN(CCO)CC(F)(F)F. The molecule has 0 atom stereocenters. The molecule has 0 radical (unpaired) electrons. The summed E-state index contributed by atoms with van der Waals surface area (Å²) in [4.78, 5) is 6.19. The Kier molecular flexibility index (Phi) is 5.02. The largest absolute Gasteiger partial charge is 0.440 e. The van der Waals surface area contributed by atoms with Gasteiger partial charge in [-0.15, -0.1) is 11.3 Å². The van der Waals surface area contributed by atoms with Crippen molar-refractivity contribution in [3.8, 4) is 10.8 Å². The van der Waals surface area contributed by atoms with Crippen LogP contribution in [0.4, 0.5) is 13.2 Å². The lowest BCUT2D eigenvalue weighted by Gasteiger charge is -2.21. The fraction of sp³-hybridized carbons (Fsp3) is 0.462. The van der Waals surface area contributed by atoms with E-state index in [0.29, 0.717) is 17.3 Å². The Labute approximate surface area is 123 Å². The van der Waals surface area contributed by atoms with Crippen LogP contribution in [-0.2, 0) is 6.54 Å². The number of alkyl halides is 3. The Morgan fingerprint density at radius 1 is 1.43 bits per heavy atom. The molecule has 2 aromatic rings. The quantitative estimate of drug-likeness (QED) is 0.889. The van der Waals surface area contributed by atoms with Gasteiger partial charge >= 0.3 is 6.18 Å². The molecule has 21 heavy (non-hydrogen) atoms. The molecule has 2 rings (SSSR count). The molecule has 1 N–H and O–H groups in total. The van der Waals surface area contributed by atoms with E-state index in [1.807, 2.05) is 17.5 Å². The van der Waals surface area contributed by atoms with Gasteiger partial charge in [0.05, 0.1) is 23.7 Å². The van der Waals surface area contributed by atoms with Gasteiger partial charge in [0, 0.05) is 13.1 Å². The molecule has 2 heterocycles. The Bertz CT molecular complexity index is 566. The summed E-state index contributed by atoms with van der Waals surface area (Å²) in [5.41, 5.74) is 0.455. The molecule has 2 aromatic heterocycles. The maximum absolute atomic E-state index is 12.5. The van der Waals surface area contributed by atoms with Crippen LogP contribution in [0.2, 0.25) is 0 Å². The molecule has 0 spiro atoms. The maximum atomic E-state index is 12.5. The second kappa shape index (κ2) is 6.59. The van der Waals surface area contributed by atoms with E-state index < -0.39 is 12.7 Å². The summed E-state index contributed by atoms with van der Waals surface area (Å²) in [7, 11) is 0. The van der Waals surface area contributed by atoms with Crippen molar-refractivity contribution in [3.63, 3.8) is 0 Å². The van der Waals surface area contributed by atoms with E-state index in [4.69, 9.17) is 9.52 Å². The predicted molar refractivity (Wildman–Crippen MR) is 73.0 cm³/mol. The first-order valence-electron chi connectivity index (χ1n) is 6.29. The van der Waals surface area contributed by atoms with Gasteiger partial charge in [-0.1, -0.05) is 6.07 Å². The number of aliphatic hydroxyl groups is 1. The van der Waals surface area contributed by atoms with Gasteiger partial charge in [-0.2, -0.15) is 13.2 Å². The molecule has 116 valence electrons. The summed E-state index contributed by atoms with van der Waals surface area (Å²) in [6.45, 7) is 0.157. The third-order valence-corrected chi connectivity index (χ3v) is 3.67. The Morgan fingerprint density at radius 2 is 2.19 bits per heavy atom. The summed E-state index contributed by atoms with van der Waals surface area (Å²) in [5.74, 6) is 0.900. The van der Waals surface area contributed by atoms with Crippen LogP contribution < -0.4 is 0 Å². The van der Waals surface area contributed by atoms with Crippen molar-refractivity contribution >= 4 is 11.3 Å². The van der Waals surface area contributed by atoms with Crippen LogP contribution >= 0.6 is 11.3 Å². The fourth-order valence-electron chi connectivity index (χ4n) is 1.90. The third kappa shape index (κ3) is 4.55. The Hall–Kier alpha value is -1.38. The molecule has 0 fully saturated rings. The zero-order chi connectivity index (χ0) is 15.5. The highest BCUT2D eigenvalue weighted by Crippen LogP contribution is 2.27. The van der Waals surface area contributed by atoms with Crippen molar-refractivity contribution in [2.24, 2.45) is 0 Å². The summed E-state index contributed by atoms with van der Waals surface area (Å²) < 4.78 is 43.0. The molecule has 0 amide bonds. The van der Waals surface area contributed by atoms with E-state index in [-0.39, 0.29) is 19.7 Å². The number of aromatic nitrogens is 1. The standard InChI is InChI=1S/C13H15F3N2O2S/c1-9-10(7-18(4-5-19)8-13(14,15)16)17-12(20-9)11-3-2-6-21-11/h2-3,6,19H,4-5,7-8H2,1H3. The van der Waals surface area contributed by atoms with Gasteiger partial charge in [0.1, 0.15) is 5.76 Å². The first-order valence-corrected chi connectivity index (χ1v) is 7.17. The van der Waals surface area contributed by atoms with E-state index in [0.717, 1.165) is 9.78 Å². The molecule has 0 bridgehead atoms. The summed E-state index contributed by atoms with van der Waals surface area (Å²) in [6.07, 6.45) is -4.32. The van der Waals surface area contributed by atoms with Crippen LogP contribution in [0.15, 0.2) is 21.9 Å². The highest BCUT2D eigenvalue weighted by Gasteiger charge is 2.31. The van der Waals surface area contributed by atoms with Gasteiger partial charge in [0.15, 0.2) is 0 Å². The summed E-state index contributed by atoms with van der Waals surface area (Å²) in [6, 6.07) is 3.68. The van der Waals surface area contributed by atoms with Crippen molar-refractivity contribution in [1.29, 1.82) is 0 Å². The van der Waals surface area contributed by atoms with Gasteiger partial charge in [-0.3, -0.25) is 4.90 Å². The first kappa shape index (κ1) is 16.0. The van der Waals surface area contributed by atoms with Crippen LogP contribution in [0.25, 0.3) is 10.8 Å². The maximum Gasteiger partial charge on any atom is 0.401 e. The normalized spacial score (nSPS) is 12.3. The number of nitrogens with zero attached hydrogens (tertiary/aromatic N) is 2. The van der Waals surface area contributed by atoms with Crippen molar-refractivity contribution in [2.45, 2.75) is 19.6 Å². The van der Waals surface area contributed by atoms with Crippen LogP contribution in [0.1, 0.15) is 11.5 Å². The molecule has 0 saturated heterocycles. The van der Waals surface area contributed by atoms with E-state index in [2.05, 4.69) is 4.98 Å². The number of oxazole rings is 1. The minimum absolute atomic E-state index is 0.0131. The Balaban J connectivity index is 2.13. The highest BCUT2D eigenvalue weighted by molar-refractivity contribution is 7.13. The predicted octanol–water partition coefficient (Wildman–Crippen LogP) is 3.07. The number of hydrogen-bond acceptors (Lipinski definition) is 5. The zero-order valence-corrected chi connectivity index (χ0v) is 12.2. The smallest absolute Gasteiger partial charge is 0.401 e. The van der Waals surface area contributed by atoms with E-state index in [1.165, 1.54) is 11.3 Å². The van der Waals surface area contributed by atoms with Gasteiger partial charge < -0.3 is 9.52 Å². The molecule has 0 unspecified atom stereocenters. The lowest BCUT2D eigenvalue weighted by atomic mass is 10.3. The molecule has 0 aliphatic rings. The second-order valence-corrected chi connectivity index (χ2v) is 5.50. The lowest BCUT2D eigenvalue weighted by Crippen LogP contribution is -2.36. The zero-order valence-electron chi connectivity index (χ0n) is 11.4. The molecule has 4 nitrogen and oxygen atoms in total. The Morgan fingerprint density at radius 3 is 2.76 bits per heavy atom. The number of aliphatic hydroxyl groups excluding tert-OH is 1.